The van der Waals surface area contributed by atoms with Crippen LogP contribution in [-0.2, 0) is 10.0 Å². The van der Waals surface area contributed by atoms with Gasteiger partial charge >= 0.3 is 0 Å². The van der Waals surface area contributed by atoms with E-state index in [1.165, 1.54) is 17.3 Å². The van der Waals surface area contributed by atoms with E-state index >= 15 is 0 Å². The van der Waals surface area contributed by atoms with Gasteiger partial charge in [-0.25, -0.2) is 18.1 Å². The van der Waals surface area contributed by atoms with Crippen LogP contribution in [0, 0.1) is 0 Å². The molecular formula is C20H18ClN5O2S. The van der Waals surface area contributed by atoms with E-state index in [9.17, 15) is 8.42 Å². The van der Waals surface area contributed by atoms with Crippen LogP contribution in [0.3, 0.4) is 0 Å². The fourth-order valence-corrected chi connectivity index (χ4v) is 4.79. The van der Waals surface area contributed by atoms with Gasteiger partial charge in [0.1, 0.15) is 18.3 Å². The van der Waals surface area contributed by atoms with Crippen LogP contribution in [0.25, 0.3) is 16.5 Å². The van der Waals surface area contributed by atoms with Crippen molar-refractivity contribution in [3.8, 4) is 5.69 Å². The number of sulfonamides is 1. The molecule has 0 aliphatic rings. The van der Waals surface area contributed by atoms with Crippen molar-refractivity contribution < 1.29 is 8.42 Å². The Kier molecular flexibility index (Phi) is 4.89. The number of para-hydroxylation sites is 1. The summed E-state index contributed by atoms with van der Waals surface area (Å²) in [6.45, 7) is 0. The second-order valence-electron chi connectivity index (χ2n) is 6.60. The van der Waals surface area contributed by atoms with E-state index in [-0.39, 0.29) is 4.90 Å². The summed E-state index contributed by atoms with van der Waals surface area (Å²) in [5, 5.41) is 5.91. The van der Waals surface area contributed by atoms with Gasteiger partial charge < -0.3 is 4.90 Å². The Bertz CT molecular complexity index is 1290. The first kappa shape index (κ1) is 19.2. The lowest BCUT2D eigenvalue weighted by molar-refractivity contribution is 0.602. The molecule has 0 amide bonds. The second kappa shape index (κ2) is 7.38. The highest BCUT2D eigenvalue weighted by atomic mass is 35.5. The van der Waals surface area contributed by atoms with Crippen LogP contribution in [0.4, 0.5) is 11.4 Å². The molecule has 148 valence electrons. The average Bonchev–Trinajstić information content (AvgIpc) is 3.21. The van der Waals surface area contributed by atoms with Crippen LogP contribution in [0.1, 0.15) is 0 Å². The van der Waals surface area contributed by atoms with Crippen molar-refractivity contribution in [2.45, 2.75) is 4.90 Å². The van der Waals surface area contributed by atoms with E-state index in [0.717, 1.165) is 11.1 Å². The number of rotatable bonds is 5. The summed E-state index contributed by atoms with van der Waals surface area (Å²) < 4.78 is 30.7. The van der Waals surface area contributed by atoms with Crippen molar-refractivity contribution in [1.29, 1.82) is 0 Å². The Hall–Kier alpha value is -3.10. The minimum Gasteiger partial charge on any atom is -0.377 e. The molecule has 0 bridgehead atoms. The molecule has 29 heavy (non-hydrogen) atoms. The fourth-order valence-electron chi connectivity index (χ4n) is 3.24. The molecule has 7 nitrogen and oxygen atoms in total. The zero-order chi connectivity index (χ0) is 20.6. The Labute approximate surface area is 173 Å². The van der Waals surface area contributed by atoms with Gasteiger partial charge in [-0.05, 0) is 24.3 Å². The van der Waals surface area contributed by atoms with Crippen molar-refractivity contribution in [3.63, 3.8) is 0 Å². The van der Waals surface area contributed by atoms with Crippen LogP contribution in [-0.4, -0.2) is 37.3 Å². The summed E-state index contributed by atoms with van der Waals surface area (Å²) in [5.74, 6) is 0. The van der Waals surface area contributed by atoms with Crippen LogP contribution in [0.15, 0.2) is 72.1 Å². The Morgan fingerprint density at radius 2 is 1.72 bits per heavy atom. The Morgan fingerprint density at radius 1 is 1.00 bits per heavy atom. The number of fused-ring (bicyclic) bond motifs is 1. The molecule has 4 rings (SSSR count). The number of nitrogens with zero attached hydrogens (tertiary/aromatic N) is 4. The predicted octanol–water partition coefficient (Wildman–Crippen LogP) is 3.94. The molecule has 0 aliphatic heterocycles. The van der Waals surface area contributed by atoms with Gasteiger partial charge in [0.05, 0.1) is 15.6 Å². The molecule has 0 atom stereocenters. The molecule has 0 spiro atoms. The lowest BCUT2D eigenvalue weighted by Gasteiger charge is -2.18. The number of anilines is 2. The second-order valence-corrected chi connectivity index (χ2v) is 8.66. The molecule has 1 aromatic heterocycles. The van der Waals surface area contributed by atoms with Crippen molar-refractivity contribution in [1.82, 2.24) is 14.8 Å². The van der Waals surface area contributed by atoms with Crippen molar-refractivity contribution in [2.24, 2.45) is 0 Å². The number of hydrogen-bond acceptors (Lipinski definition) is 5. The van der Waals surface area contributed by atoms with Crippen LogP contribution >= 0.6 is 11.6 Å². The highest BCUT2D eigenvalue weighted by molar-refractivity contribution is 7.93. The first-order chi connectivity index (χ1) is 13.9. The van der Waals surface area contributed by atoms with Gasteiger partial charge in [0.15, 0.2) is 0 Å². The number of halogens is 1. The molecule has 0 aliphatic carbocycles. The lowest BCUT2D eigenvalue weighted by atomic mass is 10.1. The molecule has 0 unspecified atom stereocenters. The van der Waals surface area contributed by atoms with E-state index in [1.807, 2.05) is 37.2 Å². The lowest BCUT2D eigenvalue weighted by Crippen LogP contribution is -2.16. The molecule has 0 saturated carbocycles. The Morgan fingerprint density at radius 3 is 2.45 bits per heavy atom. The third kappa shape index (κ3) is 3.52. The van der Waals surface area contributed by atoms with E-state index < -0.39 is 10.0 Å². The summed E-state index contributed by atoms with van der Waals surface area (Å²) in [6.07, 6.45) is 2.81. The van der Waals surface area contributed by atoms with E-state index in [0.29, 0.717) is 21.8 Å². The maximum Gasteiger partial charge on any atom is 0.262 e. The SMILES string of the molecule is CN(C)c1cccc2c(S(=O)(=O)Nc3cccc(Cl)c3-n3cncn3)cccc12. The number of hydrogen-bond donors (Lipinski definition) is 1. The minimum absolute atomic E-state index is 0.184. The predicted molar refractivity (Wildman–Crippen MR) is 115 cm³/mol. The first-order valence-electron chi connectivity index (χ1n) is 8.74. The highest BCUT2D eigenvalue weighted by Crippen LogP contribution is 2.33. The molecule has 1 N–H and O–H groups in total. The molecule has 3 aromatic carbocycles. The molecule has 0 saturated heterocycles. The maximum atomic E-state index is 13.3. The van der Waals surface area contributed by atoms with Crippen molar-refractivity contribution >= 4 is 43.8 Å². The topological polar surface area (TPSA) is 80.1 Å². The van der Waals surface area contributed by atoms with Crippen molar-refractivity contribution in [2.75, 3.05) is 23.7 Å². The fraction of sp³-hybridized carbons (Fsp3) is 0.100. The number of benzene rings is 3. The van der Waals surface area contributed by atoms with E-state index in [4.69, 9.17) is 11.6 Å². The summed E-state index contributed by atoms with van der Waals surface area (Å²) in [7, 11) is -0.0590. The number of aromatic nitrogens is 3. The van der Waals surface area contributed by atoms with Crippen LogP contribution < -0.4 is 9.62 Å². The zero-order valence-corrected chi connectivity index (χ0v) is 17.3. The van der Waals surface area contributed by atoms with Gasteiger partial charge in [-0.1, -0.05) is 41.9 Å². The Balaban J connectivity index is 1.85. The third-order valence-corrected chi connectivity index (χ3v) is 6.24. The van der Waals surface area contributed by atoms with Crippen LogP contribution in [0.5, 0.6) is 0 Å². The first-order valence-corrected chi connectivity index (χ1v) is 10.6. The molecule has 9 heteroatoms. The molecule has 0 radical (unpaired) electrons. The molecule has 1 heterocycles. The van der Waals surface area contributed by atoms with Gasteiger partial charge in [0, 0.05) is 30.6 Å². The average molecular weight is 428 g/mol. The smallest absolute Gasteiger partial charge is 0.262 e. The maximum absolute atomic E-state index is 13.3. The monoisotopic (exact) mass is 427 g/mol. The highest BCUT2D eigenvalue weighted by Gasteiger charge is 2.21. The third-order valence-electron chi connectivity index (χ3n) is 4.51. The summed E-state index contributed by atoms with van der Waals surface area (Å²) >= 11 is 6.32. The summed E-state index contributed by atoms with van der Waals surface area (Å²) in [4.78, 5) is 6.05. The summed E-state index contributed by atoms with van der Waals surface area (Å²) in [6, 6.07) is 15.8. The van der Waals surface area contributed by atoms with E-state index in [2.05, 4.69) is 14.8 Å². The largest absolute Gasteiger partial charge is 0.377 e. The molecule has 0 fully saturated rings. The van der Waals surface area contributed by atoms with E-state index in [1.54, 1.807) is 36.4 Å². The van der Waals surface area contributed by atoms with Gasteiger partial charge in [0.2, 0.25) is 0 Å². The van der Waals surface area contributed by atoms with Gasteiger partial charge in [-0.3, -0.25) is 4.72 Å². The van der Waals surface area contributed by atoms with Gasteiger partial charge in [-0.15, -0.1) is 0 Å². The normalized spacial score (nSPS) is 11.6. The van der Waals surface area contributed by atoms with Crippen LogP contribution in [0.2, 0.25) is 5.02 Å². The summed E-state index contributed by atoms with van der Waals surface area (Å²) in [5.41, 5.74) is 1.65. The molecule has 4 aromatic rings. The number of nitrogens with one attached hydrogen (secondary N) is 1. The standard InChI is InChI=1S/C20H18ClN5O2S/c1-25(2)18-10-3-7-15-14(18)6-4-11-19(15)29(27,28)24-17-9-5-8-16(21)20(17)26-13-22-12-23-26/h3-13,24H,1-2H3. The van der Waals surface area contributed by atoms with Gasteiger partial charge in [-0.2, -0.15) is 5.10 Å². The minimum atomic E-state index is -3.90. The quantitative estimate of drug-likeness (QED) is 0.521. The van der Waals surface area contributed by atoms with Gasteiger partial charge in [0.25, 0.3) is 10.0 Å². The van der Waals surface area contributed by atoms with Crippen molar-refractivity contribution in [3.05, 3.63) is 72.3 Å². The molecular weight excluding hydrogens is 410 g/mol. The zero-order valence-electron chi connectivity index (χ0n) is 15.7.